The third-order valence-corrected chi connectivity index (χ3v) is 3.71. The fourth-order valence-corrected chi connectivity index (χ4v) is 2.33. The van der Waals surface area contributed by atoms with Gasteiger partial charge in [0.2, 0.25) is 0 Å². The molecule has 1 aromatic heterocycles. The lowest BCUT2D eigenvalue weighted by Gasteiger charge is -2.08. The number of aromatic amines is 1. The van der Waals surface area contributed by atoms with Gasteiger partial charge in [-0.25, -0.2) is 0 Å². The highest BCUT2D eigenvalue weighted by Gasteiger charge is 2.17. The van der Waals surface area contributed by atoms with Crippen molar-refractivity contribution < 1.29 is 14.7 Å². The number of H-pyrrole nitrogens is 1. The van der Waals surface area contributed by atoms with Crippen molar-refractivity contribution in [3.8, 4) is 17.0 Å². The normalized spacial score (nSPS) is 10.3. The average Bonchev–Trinajstić information content (AvgIpc) is 3.10. The number of rotatable bonds is 3. The highest BCUT2D eigenvalue weighted by Crippen LogP contribution is 2.22. The first-order valence-corrected chi connectivity index (χ1v) is 7.62. The summed E-state index contributed by atoms with van der Waals surface area (Å²) in [6.07, 6.45) is 1.35. The summed E-state index contributed by atoms with van der Waals surface area (Å²) in [5.41, 5.74) is 6.06. The molecule has 8 heteroatoms. The summed E-state index contributed by atoms with van der Waals surface area (Å²) in [4.78, 5) is 24.3. The molecule has 0 fully saturated rings. The number of phenolic OH excluding ortho intramolecular Hbond substituents is 1. The molecule has 0 aliphatic carbocycles. The molecule has 7 nitrogen and oxygen atoms in total. The number of hydrogen-bond donors (Lipinski definition) is 4. The van der Waals surface area contributed by atoms with Crippen molar-refractivity contribution >= 4 is 23.4 Å². The summed E-state index contributed by atoms with van der Waals surface area (Å²) >= 11 is 5.86. The monoisotopic (exact) mass is 356 g/mol. The summed E-state index contributed by atoms with van der Waals surface area (Å²) in [6, 6.07) is 12.9. The molecule has 0 bridgehead atoms. The van der Waals surface area contributed by atoms with Crippen LogP contribution in [0.2, 0.25) is 5.02 Å². The van der Waals surface area contributed by atoms with Crippen LogP contribution in [0.15, 0.2) is 54.7 Å². The topological polar surface area (TPSA) is 107 Å². The predicted octanol–water partition coefficient (Wildman–Crippen LogP) is 2.51. The van der Waals surface area contributed by atoms with Crippen molar-refractivity contribution in [3.63, 3.8) is 0 Å². The van der Waals surface area contributed by atoms with Gasteiger partial charge < -0.3 is 5.11 Å². The molecule has 0 saturated heterocycles. The molecule has 25 heavy (non-hydrogen) atoms. The van der Waals surface area contributed by atoms with Crippen LogP contribution < -0.4 is 10.9 Å². The largest absolute Gasteiger partial charge is 0.507 e. The van der Waals surface area contributed by atoms with Gasteiger partial charge in [0.15, 0.2) is 0 Å². The first kappa shape index (κ1) is 16.5. The number of halogens is 1. The Morgan fingerprint density at radius 1 is 0.960 bits per heavy atom. The number of hydrogen-bond acceptors (Lipinski definition) is 4. The van der Waals surface area contributed by atoms with Crippen LogP contribution in [-0.4, -0.2) is 27.1 Å². The van der Waals surface area contributed by atoms with E-state index in [9.17, 15) is 14.7 Å². The zero-order valence-corrected chi connectivity index (χ0v) is 13.5. The number of amides is 2. The summed E-state index contributed by atoms with van der Waals surface area (Å²) in [5, 5.41) is 16.8. The Hall–Kier alpha value is -3.32. The fourth-order valence-electron chi connectivity index (χ4n) is 2.21. The summed E-state index contributed by atoms with van der Waals surface area (Å²) < 4.78 is 0. The molecule has 0 saturated carbocycles. The molecule has 1 heterocycles. The molecule has 2 amide bonds. The number of nitrogens with one attached hydrogen (secondary N) is 3. The highest BCUT2D eigenvalue weighted by atomic mass is 35.5. The van der Waals surface area contributed by atoms with E-state index in [4.69, 9.17) is 11.6 Å². The number of aromatic nitrogens is 2. The maximum absolute atomic E-state index is 12.3. The van der Waals surface area contributed by atoms with Crippen LogP contribution in [0.4, 0.5) is 0 Å². The Morgan fingerprint density at radius 3 is 2.28 bits per heavy atom. The zero-order valence-electron chi connectivity index (χ0n) is 12.8. The molecule has 0 atom stereocenters. The lowest BCUT2D eigenvalue weighted by Crippen LogP contribution is -2.41. The van der Waals surface area contributed by atoms with Crippen LogP contribution in [0.25, 0.3) is 11.3 Å². The van der Waals surface area contributed by atoms with Crippen molar-refractivity contribution in [3.05, 3.63) is 70.9 Å². The Kier molecular flexibility index (Phi) is 4.67. The van der Waals surface area contributed by atoms with E-state index >= 15 is 0 Å². The second kappa shape index (κ2) is 7.06. The van der Waals surface area contributed by atoms with Gasteiger partial charge in [0.05, 0.1) is 23.0 Å². The van der Waals surface area contributed by atoms with Gasteiger partial charge >= 0.3 is 0 Å². The lowest BCUT2D eigenvalue weighted by molar-refractivity contribution is 0.0845. The molecule has 0 spiro atoms. The Morgan fingerprint density at radius 2 is 1.60 bits per heavy atom. The molecule has 4 N–H and O–H groups in total. The van der Waals surface area contributed by atoms with Crippen LogP contribution in [0.3, 0.4) is 0 Å². The second-order valence-electron chi connectivity index (χ2n) is 5.09. The number of hydrazine groups is 1. The van der Waals surface area contributed by atoms with E-state index in [1.807, 2.05) is 0 Å². The number of phenols is 1. The minimum atomic E-state index is -0.636. The van der Waals surface area contributed by atoms with E-state index in [0.29, 0.717) is 10.7 Å². The third kappa shape index (κ3) is 3.61. The third-order valence-electron chi connectivity index (χ3n) is 3.46. The molecular weight excluding hydrogens is 344 g/mol. The van der Waals surface area contributed by atoms with Crippen LogP contribution >= 0.6 is 11.6 Å². The number of aromatic hydroxyl groups is 1. The Labute approximate surface area is 147 Å². The molecule has 2 aromatic carbocycles. The van der Waals surface area contributed by atoms with Gasteiger partial charge in [0.1, 0.15) is 5.75 Å². The van der Waals surface area contributed by atoms with Crippen molar-refractivity contribution in [2.75, 3.05) is 0 Å². The minimum Gasteiger partial charge on any atom is -0.507 e. The van der Waals surface area contributed by atoms with E-state index in [1.165, 1.54) is 18.3 Å². The molecule has 3 aromatic rings. The van der Waals surface area contributed by atoms with Gasteiger partial charge in [-0.05, 0) is 24.3 Å². The zero-order chi connectivity index (χ0) is 17.8. The summed E-state index contributed by atoms with van der Waals surface area (Å²) in [6.45, 7) is 0. The SMILES string of the molecule is O=C(NNC(=O)c1cn[nH]c1-c1ccc(Cl)cc1)c1ccccc1O. The molecule has 0 unspecified atom stereocenters. The van der Waals surface area contributed by atoms with E-state index in [0.717, 1.165) is 5.56 Å². The number of nitrogens with zero attached hydrogens (tertiary/aromatic N) is 1. The smallest absolute Gasteiger partial charge is 0.273 e. The van der Waals surface area contributed by atoms with E-state index in [-0.39, 0.29) is 16.9 Å². The lowest BCUT2D eigenvalue weighted by atomic mass is 10.1. The van der Waals surface area contributed by atoms with E-state index in [2.05, 4.69) is 21.0 Å². The standard InChI is InChI=1S/C17H13ClN4O3/c18-11-7-5-10(6-8-11)15-13(9-19-20-15)17(25)22-21-16(24)12-3-1-2-4-14(12)23/h1-9,23H,(H,19,20)(H,21,24)(H,22,25). The maximum Gasteiger partial charge on any atom is 0.273 e. The second-order valence-corrected chi connectivity index (χ2v) is 5.53. The molecule has 126 valence electrons. The number of carbonyl (C=O) groups excluding carboxylic acids is 2. The van der Waals surface area contributed by atoms with Crippen molar-refractivity contribution in [2.24, 2.45) is 0 Å². The van der Waals surface area contributed by atoms with Gasteiger partial charge in [-0.1, -0.05) is 35.9 Å². The van der Waals surface area contributed by atoms with E-state index in [1.54, 1.807) is 36.4 Å². The van der Waals surface area contributed by atoms with Crippen molar-refractivity contribution in [1.29, 1.82) is 0 Å². The van der Waals surface area contributed by atoms with Gasteiger partial charge in [-0.3, -0.25) is 25.5 Å². The first-order valence-electron chi connectivity index (χ1n) is 7.24. The maximum atomic E-state index is 12.3. The average molecular weight is 357 g/mol. The Bertz CT molecular complexity index is 922. The molecular formula is C17H13ClN4O3. The molecule has 3 rings (SSSR count). The van der Waals surface area contributed by atoms with Gasteiger partial charge in [-0.15, -0.1) is 0 Å². The molecule has 0 aliphatic rings. The highest BCUT2D eigenvalue weighted by molar-refractivity contribution is 6.30. The number of benzene rings is 2. The van der Waals surface area contributed by atoms with Crippen molar-refractivity contribution in [2.45, 2.75) is 0 Å². The fraction of sp³-hybridized carbons (Fsp3) is 0. The van der Waals surface area contributed by atoms with Crippen molar-refractivity contribution in [1.82, 2.24) is 21.0 Å². The van der Waals surface area contributed by atoms with Crippen LogP contribution in [0, 0.1) is 0 Å². The van der Waals surface area contributed by atoms with E-state index < -0.39 is 11.8 Å². The number of para-hydroxylation sites is 1. The minimum absolute atomic E-state index is 0.0490. The first-order chi connectivity index (χ1) is 12.1. The van der Waals surface area contributed by atoms with Crippen LogP contribution in [-0.2, 0) is 0 Å². The van der Waals surface area contributed by atoms with Gasteiger partial charge in [0, 0.05) is 10.6 Å². The molecule has 0 radical (unpaired) electrons. The Balaban J connectivity index is 1.73. The predicted molar refractivity (Wildman–Crippen MR) is 92.1 cm³/mol. The van der Waals surface area contributed by atoms with Gasteiger partial charge in [0.25, 0.3) is 11.8 Å². The summed E-state index contributed by atoms with van der Waals surface area (Å²) in [7, 11) is 0. The number of carbonyl (C=O) groups is 2. The van der Waals surface area contributed by atoms with Gasteiger partial charge in [-0.2, -0.15) is 5.10 Å². The summed E-state index contributed by atoms with van der Waals surface area (Å²) in [5.74, 6) is -1.37. The van der Waals surface area contributed by atoms with Crippen LogP contribution in [0.5, 0.6) is 5.75 Å². The molecule has 0 aliphatic heterocycles. The quantitative estimate of drug-likeness (QED) is 0.541. The van der Waals surface area contributed by atoms with Crippen LogP contribution in [0.1, 0.15) is 20.7 Å².